The number of aliphatic hydroxyl groups excluding tert-OH is 1. The largest absolute Gasteiger partial charge is 0.494 e. The van der Waals surface area contributed by atoms with E-state index in [2.05, 4.69) is 24.8 Å². The molecule has 2 aromatic heterocycles. The number of fused-ring (bicyclic) bond motifs is 2. The lowest BCUT2D eigenvalue weighted by molar-refractivity contribution is 0.0734. The summed E-state index contributed by atoms with van der Waals surface area (Å²) in [5.74, 6) is 1.34. The van der Waals surface area contributed by atoms with E-state index >= 15 is 0 Å². The SMILES string of the molecule is COc1cccc2c(C(O)CN3CCN(CCc4nc5ccc(F)cc5[nH]4)CC3)ccnc12. The van der Waals surface area contributed by atoms with Gasteiger partial charge in [-0.2, -0.15) is 0 Å². The number of nitrogens with zero attached hydrogens (tertiary/aromatic N) is 4. The van der Waals surface area contributed by atoms with Gasteiger partial charge in [-0.3, -0.25) is 9.88 Å². The van der Waals surface area contributed by atoms with Crippen LogP contribution in [-0.2, 0) is 6.42 Å². The van der Waals surface area contributed by atoms with Gasteiger partial charge in [0.1, 0.15) is 22.9 Å². The second-order valence-electron chi connectivity index (χ2n) is 8.51. The number of piperazine rings is 1. The van der Waals surface area contributed by atoms with Crippen LogP contribution in [0.3, 0.4) is 0 Å². The fourth-order valence-corrected chi connectivity index (χ4v) is 4.58. The lowest BCUT2D eigenvalue weighted by Crippen LogP contribution is -2.48. The van der Waals surface area contributed by atoms with Gasteiger partial charge < -0.3 is 19.7 Å². The zero-order valence-corrected chi connectivity index (χ0v) is 18.7. The van der Waals surface area contributed by atoms with Crippen molar-refractivity contribution < 1.29 is 14.2 Å². The summed E-state index contributed by atoms with van der Waals surface area (Å²) in [6, 6.07) is 12.3. The number of H-pyrrole nitrogens is 1. The smallest absolute Gasteiger partial charge is 0.145 e. The van der Waals surface area contributed by atoms with Crippen molar-refractivity contribution in [3.05, 3.63) is 65.9 Å². The zero-order chi connectivity index (χ0) is 22.8. The Balaban J connectivity index is 1.16. The quantitative estimate of drug-likeness (QED) is 0.451. The van der Waals surface area contributed by atoms with Crippen molar-refractivity contribution in [1.29, 1.82) is 0 Å². The van der Waals surface area contributed by atoms with Crippen molar-refractivity contribution in [2.75, 3.05) is 46.4 Å². The van der Waals surface area contributed by atoms with Crippen LogP contribution in [0.15, 0.2) is 48.7 Å². The highest BCUT2D eigenvalue weighted by Crippen LogP contribution is 2.29. The molecule has 0 bridgehead atoms. The van der Waals surface area contributed by atoms with Crippen LogP contribution >= 0.6 is 0 Å². The number of rotatable bonds is 7. The zero-order valence-electron chi connectivity index (χ0n) is 18.7. The molecule has 3 heterocycles. The summed E-state index contributed by atoms with van der Waals surface area (Å²) < 4.78 is 18.8. The minimum absolute atomic E-state index is 0.255. The molecule has 1 aliphatic rings. The maximum Gasteiger partial charge on any atom is 0.145 e. The number of hydrogen-bond donors (Lipinski definition) is 2. The molecule has 7 nitrogen and oxygen atoms in total. The fraction of sp³-hybridized carbons (Fsp3) is 0.360. The number of ether oxygens (including phenoxy) is 1. The summed E-state index contributed by atoms with van der Waals surface area (Å²) in [5.41, 5.74) is 3.19. The molecule has 33 heavy (non-hydrogen) atoms. The van der Waals surface area contributed by atoms with Crippen molar-refractivity contribution >= 4 is 21.9 Å². The molecular formula is C25H28FN5O2. The average molecular weight is 450 g/mol. The van der Waals surface area contributed by atoms with Crippen molar-refractivity contribution in [2.45, 2.75) is 12.5 Å². The van der Waals surface area contributed by atoms with Crippen LogP contribution in [0, 0.1) is 5.82 Å². The van der Waals surface area contributed by atoms with Crippen LogP contribution in [0.2, 0.25) is 0 Å². The van der Waals surface area contributed by atoms with Gasteiger partial charge in [-0.05, 0) is 35.9 Å². The van der Waals surface area contributed by atoms with Gasteiger partial charge in [-0.1, -0.05) is 12.1 Å². The lowest BCUT2D eigenvalue weighted by Gasteiger charge is -2.35. The second kappa shape index (κ2) is 9.43. The van der Waals surface area contributed by atoms with Crippen LogP contribution in [0.4, 0.5) is 4.39 Å². The maximum atomic E-state index is 13.4. The summed E-state index contributed by atoms with van der Waals surface area (Å²) in [6.45, 7) is 5.15. The van der Waals surface area contributed by atoms with E-state index in [1.54, 1.807) is 19.4 Å². The van der Waals surface area contributed by atoms with E-state index in [1.807, 2.05) is 24.3 Å². The molecule has 1 unspecified atom stereocenters. The summed E-state index contributed by atoms with van der Waals surface area (Å²) >= 11 is 0. The van der Waals surface area contributed by atoms with Gasteiger partial charge >= 0.3 is 0 Å². The molecule has 1 saturated heterocycles. The minimum atomic E-state index is -0.592. The van der Waals surface area contributed by atoms with Gasteiger partial charge in [0.05, 0.1) is 24.2 Å². The first-order valence-corrected chi connectivity index (χ1v) is 11.3. The number of pyridine rings is 1. The fourth-order valence-electron chi connectivity index (χ4n) is 4.58. The van der Waals surface area contributed by atoms with E-state index in [-0.39, 0.29) is 5.82 Å². The molecule has 1 aliphatic heterocycles. The number of aliphatic hydroxyl groups is 1. The Hall–Kier alpha value is -3.07. The third kappa shape index (κ3) is 4.68. The molecule has 0 saturated carbocycles. The number of nitrogens with one attached hydrogen (secondary N) is 1. The van der Waals surface area contributed by atoms with E-state index < -0.39 is 6.10 Å². The molecule has 2 aromatic carbocycles. The monoisotopic (exact) mass is 449 g/mol. The van der Waals surface area contributed by atoms with Crippen LogP contribution < -0.4 is 4.74 Å². The first-order chi connectivity index (χ1) is 16.1. The Morgan fingerprint density at radius 2 is 1.94 bits per heavy atom. The third-order valence-corrected chi connectivity index (χ3v) is 6.40. The molecule has 8 heteroatoms. The molecule has 0 radical (unpaired) electrons. The standard InChI is InChI=1S/C25H28FN5O2/c1-33-23-4-2-3-19-18(7-9-27-25(19)23)22(32)16-31-13-11-30(12-14-31)10-8-24-28-20-6-5-17(26)15-21(20)29-24/h2-7,9,15,22,32H,8,10-14,16H2,1H3,(H,28,29). The Kier molecular flexibility index (Phi) is 6.22. The van der Waals surface area contributed by atoms with Crippen LogP contribution in [0.1, 0.15) is 17.5 Å². The molecule has 1 fully saturated rings. The number of aromatic nitrogens is 3. The molecular weight excluding hydrogens is 421 g/mol. The van der Waals surface area contributed by atoms with Gasteiger partial charge in [-0.15, -0.1) is 0 Å². The lowest BCUT2D eigenvalue weighted by atomic mass is 10.0. The van der Waals surface area contributed by atoms with E-state index in [9.17, 15) is 9.50 Å². The number of imidazole rings is 1. The molecule has 0 amide bonds. The van der Waals surface area contributed by atoms with Crippen molar-refractivity contribution in [1.82, 2.24) is 24.8 Å². The first kappa shape index (κ1) is 21.8. The van der Waals surface area contributed by atoms with Gasteiger partial charge in [0.2, 0.25) is 0 Å². The molecule has 0 aliphatic carbocycles. The number of β-amino-alcohol motifs (C(OH)–C–C–N with tert-alkyl or cyclic N) is 1. The topological polar surface area (TPSA) is 77.5 Å². The van der Waals surface area contributed by atoms with E-state index in [4.69, 9.17) is 4.74 Å². The maximum absolute atomic E-state index is 13.4. The number of benzene rings is 2. The summed E-state index contributed by atoms with van der Waals surface area (Å²) in [5, 5.41) is 11.9. The number of methoxy groups -OCH3 is 1. The van der Waals surface area contributed by atoms with Gasteiger partial charge in [-0.25, -0.2) is 9.37 Å². The van der Waals surface area contributed by atoms with Crippen LogP contribution in [0.25, 0.3) is 21.9 Å². The highest BCUT2D eigenvalue weighted by atomic mass is 19.1. The first-order valence-electron chi connectivity index (χ1n) is 11.3. The average Bonchev–Trinajstić information content (AvgIpc) is 3.24. The predicted octanol–water partition coefficient (Wildman–Crippen LogP) is 3.15. The van der Waals surface area contributed by atoms with E-state index in [1.165, 1.54) is 12.1 Å². The number of aromatic amines is 1. The van der Waals surface area contributed by atoms with Crippen molar-refractivity contribution in [2.24, 2.45) is 0 Å². The summed E-state index contributed by atoms with van der Waals surface area (Å²) in [4.78, 5) is 16.9. The molecule has 172 valence electrons. The van der Waals surface area contributed by atoms with E-state index in [0.29, 0.717) is 12.3 Å². The molecule has 2 N–H and O–H groups in total. The third-order valence-electron chi connectivity index (χ3n) is 6.40. The normalized spacial score (nSPS) is 16.5. The predicted molar refractivity (Wildman–Crippen MR) is 126 cm³/mol. The minimum Gasteiger partial charge on any atom is -0.494 e. The Bertz CT molecular complexity index is 1250. The van der Waals surface area contributed by atoms with Crippen LogP contribution in [0.5, 0.6) is 5.75 Å². The van der Waals surface area contributed by atoms with Crippen LogP contribution in [-0.4, -0.2) is 76.2 Å². The van der Waals surface area contributed by atoms with Gasteiger partial charge in [0, 0.05) is 57.3 Å². The number of halogens is 1. The highest BCUT2D eigenvalue weighted by molar-refractivity contribution is 5.87. The Labute approximate surface area is 191 Å². The molecule has 1 atom stereocenters. The Morgan fingerprint density at radius 1 is 1.12 bits per heavy atom. The van der Waals surface area contributed by atoms with Gasteiger partial charge in [0.15, 0.2) is 0 Å². The van der Waals surface area contributed by atoms with Gasteiger partial charge in [0.25, 0.3) is 0 Å². The molecule has 0 spiro atoms. The molecule has 5 rings (SSSR count). The summed E-state index contributed by atoms with van der Waals surface area (Å²) in [6.07, 6.45) is 1.93. The summed E-state index contributed by atoms with van der Waals surface area (Å²) in [7, 11) is 1.63. The second-order valence-corrected chi connectivity index (χ2v) is 8.51. The van der Waals surface area contributed by atoms with Crippen molar-refractivity contribution in [3.63, 3.8) is 0 Å². The highest BCUT2D eigenvalue weighted by Gasteiger charge is 2.21. The number of para-hydroxylation sites is 1. The van der Waals surface area contributed by atoms with E-state index in [0.717, 1.165) is 72.5 Å². The molecule has 4 aromatic rings. The number of hydrogen-bond acceptors (Lipinski definition) is 6. The Morgan fingerprint density at radius 3 is 2.76 bits per heavy atom. The van der Waals surface area contributed by atoms with Crippen molar-refractivity contribution in [3.8, 4) is 5.75 Å².